The van der Waals surface area contributed by atoms with Crippen LogP contribution in [-0.4, -0.2) is 42.1 Å². The lowest BCUT2D eigenvalue weighted by Crippen LogP contribution is -2.52. The predicted octanol–water partition coefficient (Wildman–Crippen LogP) is 2.60. The fourth-order valence-electron chi connectivity index (χ4n) is 3.61. The molecule has 4 nitrogen and oxygen atoms in total. The van der Waals surface area contributed by atoms with E-state index in [1.807, 2.05) is 11.1 Å². The Labute approximate surface area is 130 Å². The first kappa shape index (κ1) is 13.8. The second kappa shape index (κ2) is 5.76. The van der Waals surface area contributed by atoms with Crippen molar-refractivity contribution in [1.29, 1.82) is 0 Å². The average Bonchev–Trinajstić information content (AvgIpc) is 3.14. The second-order valence-corrected chi connectivity index (χ2v) is 6.58. The molecule has 0 aliphatic carbocycles. The number of nitrogens with zero attached hydrogens (tertiary/aromatic N) is 1. The van der Waals surface area contributed by atoms with Gasteiger partial charge in [-0.3, -0.25) is 4.79 Å². The van der Waals surface area contributed by atoms with Crippen LogP contribution in [0.5, 0.6) is 0 Å². The largest absolute Gasteiger partial charge is 0.381 e. The summed E-state index contributed by atoms with van der Waals surface area (Å²) in [6.07, 6.45) is 4.56. The van der Waals surface area contributed by atoms with Crippen LogP contribution in [0, 0.1) is 11.8 Å². The quantitative estimate of drug-likeness (QED) is 0.943. The molecule has 1 unspecified atom stereocenters. The highest BCUT2D eigenvalue weighted by atomic mass is 16.5. The van der Waals surface area contributed by atoms with Gasteiger partial charge in [-0.25, -0.2) is 0 Å². The van der Waals surface area contributed by atoms with Gasteiger partial charge >= 0.3 is 0 Å². The Morgan fingerprint density at radius 3 is 3.00 bits per heavy atom. The molecule has 1 aromatic carbocycles. The molecule has 4 heteroatoms. The van der Waals surface area contributed by atoms with Gasteiger partial charge in [-0.1, -0.05) is 6.07 Å². The topological polar surface area (TPSA) is 45.3 Å². The molecule has 0 spiro atoms. The number of H-pyrrole nitrogens is 1. The lowest BCUT2D eigenvalue weighted by molar-refractivity contribution is -0.138. The Hall–Kier alpha value is -1.81. The SMILES string of the molecule is O=C(CCc1ccc2[nH]ccc2c1)N1CC(C2CCOC2)C1. The van der Waals surface area contributed by atoms with Gasteiger partial charge in [-0.2, -0.15) is 0 Å². The van der Waals surface area contributed by atoms with Crippen molar-refractivity contribution in [3.8, 4) is 0 Å². The number of hydrogen-bond acceptors (Lipinski definition) is 2. The summed E-state index contributed by atoms with van der Waals surface area (Å²) in [5.74, 6) is 1.65. The minimum Gasteiger partial charge on any atom is -0.381 e. The van der Waals surface area contributed by atoms with E-state index in [2.05, 4.69) is 29.2 Å². The van der Waals surface area contributed by atoms with E-state index in [1.165, 1.54) is 17.4 Å². The molecular weight excluding hydrogens is 276 g/mol. The standard InChI is InChI=1S/C18H22N2O2/c21-18(20-10-16(11-20)15-6-8-22-12-15)4-2-13-1-3-17-14(9-13)5-7-19-17/h1,3,5,7,9,15-16,19H,2,4,6,8,10-12H2. The Morgan fingerprint density at radius 1 is 1.27 bits per heavy atom. The molecule has 2 fully saturated rings. The summed E-state index contributed by atoms with van der Waals surface area (Å²) in [6.45, 7) is 3.66. The van der Waals surface area contributed by atoms with Gasteiger partial charge in [-0.05, 0) is 53.8 Å². The summed E-state index contributed by atoms with van der Waals surface area (Å²) in [4.78, 5) is 17.5. The Morgan fingerprint density at radius 2 is 2.18 bits per heavy atom. The summed E-state index contributed by atoms with van der Waals surface area (Å²) in [6, 6.07) is 8.45. The number of carbonyl (C=O) groups excluding carboxylic acids is 1. The van der Waals surface area contributed by atoms with Gasteiger partial charge in [0.1, 0.15) is 0 Å². The molecule has 22 heavy (non-hydrogen) atoms. The number of hydrogen-bond donors (Lipinski definition) is 1. The zero-order chi connectivity index (χ0) is 14.9. The summed E-state index contributed by atoms with van der Waals surface area (Å²) in [5, 5.41) is 1.22. The number of ether oxygens (including phenoxy) is 1. The van der Waals surface area contributed by atoms with E-state index in [4.69, 9.17) is 4.74 Å². The molecule has 2 saturated heterocycles. The number of rotatable bonds is 4. The number of carbonyl (C=O) groups is 1. The summed E-state index contributed by atoms with van der Waals surface area (Å²) in [7, 11) is 0. The van der Waals surface area contributed by atoms with Gasteiger partial charge in [0.2, 0.25) is 5.91 Å². The molecule has 1 aromatic heterocycles. The molecule has 2 aliphatic rings. The number of nitrogens with one attached hydrogen (secondary N) is 1. The van der Waals surface area contributed by atoms with Gasteiger partial charge in [0.15, 0.2) is 0 Å². The molecule has 0 bridgehead atoms. The van der Waals surface area contributed by atoms with Crippen molar-refractivity contribution >= 4 is 16.8 Å². The Balaban J connectivity index is 1.27. The van der Waals surface area contributed by atoms with Crippen LogP contribution in [0.2, 0.25) is 0 Å². The fraction of sp³-hybridized carbons (Fsp3) is 0.500. The first-order valence-corrected chi connectivity index (χ1v) is 8.21. The Bertz CT molecular complexity index is 667. The second-order valence-electron chi connectivity index (χ2n) is 6.58. The van der Waals surface area contributed by atoms with Crippen LogP contribution >= 0.6 is 0 Å². The van der Waals surface area contributed by atoms with E-state index in [1.54, 1.807) is 0 Å². The van der Waals surface area contributed by atoms with Crippen LogP contribution in [0.3, 0.4) is 0 Å². The van der Waals surface area contributed by atoms with Crippen molar-refractivity contribution in [3.63, 3.8) is 0 Å². The van der Waals surface area contributed by atoms with Crippen LogP contribution in [0.25, 0.3) is 10.9 Å². The molecule has 1 N–H and O–H groups in total. The normalized spacial score (nSPS) is 22.2. The van der Waals surface area contributed by atoms with Crippen molar-refractivity contribution in [2.45, 2.75) is 19.3 Å². The molecule has 0 radical (unpaired) electrons. The summed E-state index contributed by atoms with van der Waals surface area (Å²) >= 11 is 0. The van der Waals surface area contributed by atoms with E-state index in [0.29, 0.717) is 24.2 Å². The minimum atomic E-state index is 0.296. The number of benzene rings is 1. The molecule has 1 atom stereocenters. The van der Waals surface area contributed by atoms with Crippen molar-refractivity contribution in [2.24, 2.45) is 11.8 Å². The first-order chi connectivity index (χ1) is 10.8. The summed E-state index contributed by atoms with van der Waals surface area (Å²) < 4.78 is 5.44. The highest BCUT2D eigenvalue weighted by Gasteiger charge is 2.37. The minimum absolute atomic E-state index is 0.296. The van der Waals surface area contributed by atoms with Gasteiger partial charge in [0.05, 0.1) is 0 Å². The zero-order valence-corrected chi connectivity index (χ0v) is 12.8. The molecule has 116 valence electrons. The summed E-state index contributed by atoms with van der Waals surface area (Å²) in [5.41, 5.74) is 2.39. The van der Waals surface area contributed by atoms with Gasteiger partial charge in [0.25, 0.3) is 0 Å². The number of aromatic amines is 1. The molecular formula is C18H22N2O2. The zero-order valence-electron chi connectivity index (χ0n) is 12.8. The maximum Gasteiger partial charge on any atom is 0.222 e. The number of aryl methyl sites for hydroxylation is 1. The lowest BCUT2D eigenvalue weighted by atomic mass is 9.85. The third kappa shape index (κ3) is 2.63. The lowest BCUT2D eigenvalue weighted by Gasteiger charge is -2.42. The first-order valence-electron chi connectivity index (χ1n) is 8.21. The highest BCUT2D eigenvalue weighted by Crippen LogP contribution is 2.30. The molecule has 2 aromatic rings. The molecule has 0 saturated carbocycles. The number of amides is 1. The molecule has 2 aliphatic heterocycles. The highest BCUT2D eigenvalue weighted by molar-refractivity contribution is 5.80. The van der Waals surface area contributed by atoms with E-state index in [0.717, 1.165) is 38.2 Å². The predicted molar refractivity (Wildman–Crippen MR) is 85.6 cm³/mol. The van der Waals surface area contributed by atoms with Crippen molar-refractivity contribution < 1.29 is 9.53 Å². The van der Waals surface area contributed by atoms with Crippen molar-refractivity contribution in [3.05, 3.63) is 36.0 Å². The van der Waals surface area contributed by atoms with E-state index in [-0.39, 0.29) is 0 Å². The van der Waals surface area contributed by atoms with Crippen molar-refractivity contribution in [2.75, 3.05) is 26.3 Å². The van der Waals surface area contributed by atoms with Gasteiger partial charge in [0, 0.05) is 44.4 Å². The average molecular weight is 298 g/mol. The monoisotopic (exact) mass is 298 g/mol. The van der Waals surface area contributed by atoms with Crippen molar-refractivity contribution in [1.82, 2.24) is 9.88 Å². The fourth-order valence-corrected chi connectivity index (χ4v) is 3.61. The number of fused-ring (bicyclic) bond motifs is 1. The number of likely N-dealkylation sites (tertiary alicyclic amines) is 1. The van der Waals surface area contributed by atoms with Crippen LogP contribution in [-0.2, 0) is 16.0 Å². The van der Waals surface area contributed by atoms with Crippen LogP contribution < -0.4 is 0 Å². The van der Waals surface area contributed by atoms with E-state index >= 15 is 0 Å². The maximum absolute atomic E-state index is 12.3. The molecule has 3 heterocycles. The van der Waals surface area contributed by atoms with E-state index < -0.39 is 0 Å². The van der Waals surface area contributed by atoms with Crippen LogP contribution in [0.4, 0.5) is 0 Å². The van der Waals surface area contributed by atoms with Gasteiger partial charge < -0.3 is 14.6 Å². The van der Waals surface area contributed by atoms with E-state index in [9.17, 15) is 4.79 Å². The third-order valence-corrected chi connectivity index (χ3v) is 5.14. The molecule has 1 amide bonds. The van der Waals surface area contributed by atoms with Crippen LogP contribution in [0.15, 0.2) is 30.5 Å². The smallest absolute Gasteiger partial charge is 0.222 e. The third-order valence-electron chi connectivity index (χ3n) is 5.14. The number of aromatic nitrogens is 1. The Kier molecular flexibility index (Phi) is 3.62. The van der Waals surface area contributed by atoms with Crippen LogP contribution in [0.1, 0.15) is 18.4 Å². The maximum atomic E-state index is 12.3. The van der Waals surface area contributed by atoms with Gasteiger partial charge in [-0.15, -0.1) is 0 Å². The molecule has 4 rings (SSSR count).